The third-order valence-electron chi connectivity index (χ3n) is 1.91. The molecule has 0 aliphatic heterocycles. The molecule has 2 N–H and O–H groups in total. The van der Waals surface area contributed by atoms with Crippen LogP contribution in [0.15, 0.2) is 18.2 Å². The Morgan fingerprint density at radius 1 is 1.33 bits per heavy atom. The number of hydrogen-bond acceptors (Lipinski definition) is 3. The third kappa shape index (κ3) is 3.55. The predicted molar refractivity (Wildman–Crippen MR) is 58.2 cm³/mol. The highest BCUT2D eigenvalue weighted by molar-refractivity contribution is 7.46. The number of rotatable bonds is 3. The molecule has 0 spiro atoms. The average molecular weight is 231 g/mol. The van der Waals surface area contributed by atoms with Crippen molar-refractivity contribution in [3.05, 3.63) is 23.8 Å². The molecule has 0 heterocycles. The van der Waals surface area contributed by atoms with Crippen molar-refractivity contribution >= 4 is 13.5 Å². The zero-order chi connectivity index (χ0) is 11.6. The number of anilines is 1. The maximum absolute atomic E-state index is 10.7. The van der Waals surface area contributed by atoms with Crippen LogP contribution in [0.2, 0.25) is 0 Å². The fourth-order valence-corrected chi connectivity index (χ4v) is 1.55. The van der Waals surface area contributed by atoms with Gasteiger partial charge in [-0.3, -0.25) is 9.79 Å². The summed E-state index contributed by atoms with van der Waals surface area (Å²) in [6, 6.07) is 5.19. The zero-order valence-electron chi connectivity index (χ0n) is 8.84. The summed E-state index contributed by atoms with van der Waals surface area (Å²) in [7, 11) is -0.805. The van der Waals surface area contributed by atoms with E-state index in [4.69, 9.17) is 9.79 Å². The summed E-state index contributed by atoms with van der Waals surface area (Å²) in [5.74, 6) is 0.203. The van der Waals surface area contributed by atoms with Crippen LogP contribution in [0.25, 0.3) is 0 Å². The molecule has 0 fully saturated rings. The van der Waals surface area contributed by atoms with E-state index in [0.29, 0.717) is 5.56 Å². The van der Waals surface area contributed by atoms with E-state index >= 15 is 0 Å². The van der Waals surface area contributed by atoms with E-state index in [9.17, 15) is 4.57 Å². The highest BCUT2D eigenvalue weighted by Crippen LogP contribution is 2.40. The molecule has 0 bridgehead atoms. The maximum atomic E-state index is 10.7. The Hall–Kier alpha value is -1.03. The Balaban J connectivity index is 3.06. The van der Waals surface area contributed by atoms with Crippen molar-refractivity contribution < 1.29 is 18.9 Å². The number of aryl methyl sites for hydroxylation is 1. The lowest BCUT2D eigenvalue weighted by Crippen LogP contribution is -2.08. The van der Waals surface area contributed by atoms with Gasteiger partial charge in [-0.05, 0) is 18.6 Å². The van der Waals surface area contributed by atoms with E-state index in [2.05, 4.69) is 4.52 Å². The minimum Gasteiger partial charge on any atom is -0.404 e. The van der Waals surface area contributed by atoms with Gasteiger partial charge in [0.05, 0.1) is 0 Å². The van der Waals surface area contributed by atoms with Gasteiger partial charge >= 0.3 is 7.82 Å². The summed E-state index contributed by atoms with van der Waals surface area (Å²) in [6.07, 6.45) is 0. The van der Waals surface area contributed by atoms with Crippen LogP contribution in [0.4, 0.5) is 5.69 Å². The van der Waals surface area contributed by atoms with Gasteiger partial charge in [0.15, 0.2) is 0 Å². The third-order valence-corrected chi connectivity index (χ3v) is 2.34. The largest absolute Gasteiger partial charge is 0.524 e. The molecule has 1 aromatic rings. The fraction of sp³-hybridized carbons (Fsp3) is 0.333. The van der Waals surface area contributed by atoms with Crippen LogP contribution in [-0.4, -0.2) is 23.9 Å². The molecule has 5 nitrogen and oxygen atoms in total. The molecule has 0 aliphatic rings. The molecule has 0 amide bonds. The van der Waals surface area contributed by atoms with Crippen LogP contribution in [0.5, 0.6) is 5.75 Å². The fourth-order valence-electron chi connectivity index (χ4n) is 1.09. The first kappa shape index (κ1) is 12.0. The van der Waals surface area contributed by atoms with Crippen LogP contribution in [0.3, 0.4) is 0 Å². The number of phosphoric acid groups is 1. The van der Waals surface area contributed by atoms with Crippen LogP contribution >= 0.6 is 7.82 Å². The van der Waals surface area contributed by atoms with Gasteiger partial charge in [0, 0.05) is 25.8 Å². The van der Waals surface area contributed by atoms with E-state index < -0.39 is 7.82 Å². The highest BCUT2D eigenvalue weighted by atomic mass is 31.2. The van der Waals surface area contributed by atoms with Crippen molar-refractivity contribution in [2.45, 2.75) is 6.92 Å². The van der Waals surface area contributed by atoms with Gasteiger partial charge in [-0.2, -0.15) is 0 Å². The minimum absolute atomic E-state index is 0.203. The quantitative estimate of drug-likeness (QED) is 0.772. The van der Waals surface area contributed by atoms with Crippen molar-refractivity contribution in [1.29, 1.82) is 0 Å². The Morgan fingerprint density at radius 2 is 1.93 bits per heavy atom. The van der Waals surface area contributed by atoms with Gasteiger partial charge < -0.3 is 9.42 Å². The summed E-state index contributed by atoms with van der Waals surface area (Å²) >= 11 is 0. The first-order valence-corrected chi connectivity index (χ1v) is 5.86. The summed E-state index contributed by atoms with van der Waals surface area (Å²) in [6.45, 7) is 1.73. The minimum atomic E-state index is -4.48. The molecule has 0 aromatic heterocycles. The van der Waals surface area contributed by atoms with Crippen LogP contribution < -0.4 is 9.42 Å². The van der Waals surface area contributed by atoms with Crippen LogP contribution in [0.1, 0.15) is 5.56 Å². The molecule has 1 rings (SSSR count). The van der Waals surface area contributed by atoms with Gasteiger partial charge in [-0.1, -0.05) is 6.07 Å². The second-order valence-corrected chi connectivity index (χ2v) is 4.59. The van der Waals surface area contributed by atoms with Crippen molar-refractivity contribution in [2.24, 2.45) is 0 Å². The standard InChI is InChI=1S/C9H14NO4P/c1-7-4-5-8(10(2)3)6-9(7)14-15(11,12)13/h4-6H,1-3H3,(H2,11,12,13). The summed E-state index contributed by atoms with van der Waals surface area (Å²) in [4.78, 5) is 19.2. The van der Waals surface area contributed by atoms with Crippen molar-refractivity contribution in [2.75, 3.05) is 19.0 Å². The summed E-state index contributed by atoms with van der Waals surface area (Å²) in [5.41, 5.74) is 1.51. The monoisotopic (exact) mass is 231 g/mol. The lowest BCUT2D eigenvalue weighted by molar-refractivity contribution is 0.282. The Labute approximate surface area is 88.5 Å². The molecular formula is C9H14NO4P. The van der Waals surface area contributed by atoms with E-state index in [1.807, 2.05) is 25.1 Å². The van der Waals surface area contributed by atoms with E-state index in [1.165, 1.54) is 0 Å². The van der Waals surface area contributed by atoms with Crippen molar-refractivity contribution in [1.82, 2.24) is 0 Å². The van der Waals surface area contributed by atoms with Crippen molar-refractivity contribution in [3.8, 4) is 5.75 Å². The van der Waals surface area contributed by atoms with Gasteiger partial charge in [0.1, 0.15) is 5.75 Å². The van der Waals surface area contributed by atoms with Crippen LogP contribution in [0, 0.1) is 6.92 Å². The molecule has 0 atom stereocenters. The molecule has 6 heteroatoms. The normalized spacial score (nSPS) is 11.3. The Kier molecular flexibility index (Phi) is 3.39. The molecule has 15 heavy (non-hydrogen) atoms. The zero-order valence-corrected chi connectivity index (χ0v) is 9.73. The molecule has 0 unspecified atom stereocenters. The number of benzene rings is 1. The second kappa shape index (κ2) is 4.23. The van der Waals surface area contributed by atoms with Gasteiger partial charge in [-0.15, -0.1) is 0 Å². The molecular weight excluding hydrogens is 217 g/mol. The topological polar surface area (TPSA) is 70.0 Å². The first-order chi connectivity index (χ1) is 6.79. The molecule has 84 valence electrons. The van der Waals surface area contributed by atoms with Crippen molar-refractivity contribution in [3.63, 3.8) is 0 Å². The maximum Gasteiger partial charge on any atom is 0.524 e. The van der Waals surface area contributed by atoms with E-state index in [0.717, 1.165) is 5.69 Å². The predicted octanol–water partition coefficient (Wildman–Crippen LogP) is 1.53. The lowest BCUT2D eigenvalue weighted by Gasteiger charge is -2.15. The number of phosphoric ester groups is 1. The van der Waals surface area contributed by atoms with Crippen LogP contribution in [-0.2, 0) is 4.57 Å². The van der Waals surface area contributed by atoms with E-state index in [-0.39, 0.29) is 5.75 Å². The number of nitrogens with zero attached hydrogens (tertiary/aromatic N) is 1. The molecule has 0 radical (unpaired) electrons. The number of hydrogen-bond donors (Lipinski definition) is 2. The second-order valence-electron chi connectivity index (χ2n) is 3.43. The van der Waals surface area contributed by atoms with Gasteiger partial charge in [0.2, 0.25) is 0 Å². The van der Waals surface area contributed by atoms with Gasteiger partial charge in [-0.25, -0.2) is 4.57 Å². The SMILES string of the molecule is Cc1ccc(N(C)C)cc1OP(=O)(O)O. The highest BCUT2D eigenvalue weighted by Gasteiger charge is 2.17. The first-order valence-electron chi connectivity index (χ1n) is 4.33. The molecule has 0 saturated heterocycles. The lowest BCUT2D eigenvalue weighted by atomic mass is 10.2. The Morgan fingerprint density at radius 3 is 2.40 bits per heavy atom. The molecule has 1 aromatic carbocycles. The average Bonchev–Trinajstić information content (AvgIpc) is 2.06. The van der Waals surface area contributed by atoms with Gasteiger partial charge in [0.25, 0.3) is 0 Å². The molecule has 0 aliphatic carbocycles. The van der Waals surface area contributed by atoms with E-state index in [1.54, 1.807) is 19.1 Å². The summed E-state index contributed by atoms with van der Waals surface area (Å²) in [5, 5.41) is 0. The smallest absolute Gasteiger partial charge is 0.404 e. The summed E-state index contributed by atoms with van der Waals surface area (Å²) < 4.78 is 15.3. The Bertz CT molecular complexity index is 399. The molecule has 0 saturated carbocycles.